The van der Waals surface area contributed by atoms with Crippen LogP contribution in [-0.4, -0.2) is 33.5 Å². The maximum atomic E-state index is 13.5. The lowest BCUT2D eigenvalue weighted by molar-refractivity contribution is 0.0276. The van der Waals surface area contributed by atoms with Crippen molar-refractivity contribution < 1.29 is 13.9 Å². The first-order valence-corrected chi connectivity index (χ1v) is 5.68. The Morgan fingerprint density at radius 2 is 2.00 bits per heavy atom. The standard InChI is InChI=1S/C13H20FNO2/c1-10(12-6-4-5-7-13(12)14)15-8-11(17-3)9-16-2/h4-7,10-11,15H,8-9H2,1-3H3. The highest BCUT2D eigenvalue weighted by atomic mass is 19.1. The van der Waals surface area contributed by atoms with Crippen molar-refractivity contribution in [3.63, 3.8) is 0 Å². The van der Waals surface area contributed by atoms with Gasteiger partial charge in [-0.25, -0.2) is 4.39 Å². The van der Waals surface area contributed by atoms with E-state index >= 15 is 0 Å². The Morgan fingerprint density at radius 3 is 2.59 bits per heavy atom. The summed E-state index contributed by atoms with van der Waals surface area (Å²) < 4.78 is 23.7. The molecule has 17 heavy (non-hydrogen) atoms. The van der Waals surface area contributed by atoms with Crippen molar-refractivity contribution in [2.45, 2.75) is 19.1 Å². The Hall–Kier alpha value is -0.970. The Labute approximate surface area is 102 Å². The van der Waals surface area contributed by atoms with Crippen LogP contribution in [0.25, 0.3) is 0 Å². The van der Waals surface area contributed by atoms with Crippen LogP contribution < -0.4 is 5.32 Å². The zero-order chi connectivity index (χ0) is 12.7. The summed E-state index contributed by atoms with van der Waals surface area (Å²) in [5.41, 5.74) is 0.666. The molecule has 1 rings (SSSR count). The summed E-state index contributed by atoms with van der Waals surface area (Å²) in [6.07, 6.45) is -0.0192. The minimum atomic E-state index is -0.187. The Bertz CT molecular complexity index is 333. The molecule has 1 aromatic carbocycles. The van der Waals surface area contributed by atoms with Crippen LogP contribution in [0.1, 0.15) is 18.5 Å². The molecule has 0 radical (unpaired) electrons. The number of ether oxygens (including phenoxy) is 2. The first-order chi connectivity index (χ1) is 8.19. The first kappa shape index (κ1) is 14.1. The number of hydrogen-bond donors (Lipinski definition) is 1. The van der Waals surface area contributed by atoms with E-state index in [4.69, 9.17) is 9.47 Å². The third kappa shape index (κ3) is 4.42. The van der Waals surface area contributed by atoms with Gasteiger partial charge in [-0.05, 0) is 13.0 Å². The van der Waals surface area contributed by atoms with Crippen molar-refractivity contribution in [1.29, 1.82) is 0 Å². The van der Waals surface area contributed by atoms with Gasteiger partial charge < -0.3 is 14.8 Å². The van der Waals surface area contributed by atoms with Crippen molar-refractivity contribution in [3.8, 4) is 0 Å². The molecule has 0 aliphatic heterocycles. The van der Waals surface area contributed by atoms with Crippen LogP contribution in [0, 0.1) is 5.82 Å². The summed E-state index contributed by atoms with van der Waals surface area (Å²) in [7, 11) is 3.27. The molecule has 96 valence electrons. The quantitative estimate of drug-likeness (QED) is 0.793. The molecule has 3 nitrogen and oxygen atoms in total. The topological polar surface area (TPSA) is 30.5 Å². The third-order valence-corrected chi connectivity index (χ3v) is 2.71. The Balaban J connectivity index is 2.49. The second-order valence-corrected chi connectivity index (χ2v) is 3.96. The molecule has 1 N–H and O–H groups in total. The highest BCUT2D eigenvalue weighted by Gasteiger charge is 2.12. The van der Waals surface area contributed by atoms with Crippen LogP contribution in [0.5, 0.6) is 0 Å². The molecule has 0 aliphatic carbocycles. The van der Waals surface area contributed by atoms with E-state index in [0.29, 0.717) is 18.7 Å². The van der Waals surface area contributed by atoms with Crippen molar-refractivity contribution >= 4 is 0 Å². The number of halogens is 1. The van der Waals surface area contributed by atoms with Gasteiger partial charge >= 0.3 is 0 Å². The molecule has 1 aromatic rings. The van der Waals surface area contributed by atoms with Crippen LogP contribution >= 0.6 is 0 Å². The van der Waals surface area contributed by atoms with Gasteiger partial charge in [-0.15, -0.1) is 0 Å². The minimum Gasteiger partial charge on any atom is -0.382 e. The molecule has 0 saturated carbocycles. The molecule has 0 spiro atoms. The van der Waals surface area contributed by atoms with Gasteiger partial charge in [0, 0.05) is 32.4 Å². The number of hydrogen-bond acceptors (Lipinski definition) is 3. The van der Waals surface area contributed by atoms with E-state index in [1.807, 2.05) is 13.0 Å². The lowest BCUT2D eigenvalue weighted by atomic mass is 10.1. The SMILES string of the molecule is COCC(CNC(C)c1ccccc1F)OC. The Morgan fingerprint density at radius 1 is 1.29 bits per heavy atom. The molecule has 0 aliphatic rings. The van der Waals surface area contributed by atoms with Crippen molar-refractivity contribution in [2.75, 3.05) is 27.4 Å². The molecule has 2 atom stereocenters. The number of nitrogens with one attached hydrogen (secondary N) is 1. The normalized spacial score (nSPS) is 14.6. The summed E-state index contributed by atoms with van der Waals surface area (Å²) in [4.78, 5) is 0. The summed E-state index contributed by atoms with van der Waals surface area (Å²) in [6, 6.07) is 6.72. The van der Waals surface area contributed by atoms with Crippen LogP contribution in [0.15, 0.2) is 24.3 Å². The third-order valence-electron chi connectivity index (χ3n) is 2.71. The van der Waals surface area contributed by atoms with E-state index in [1.165, 1.54) is 6.07 Å². The lowest BCUT2D eigenvalue weighted by Crippen LogP contribution is -2.33. The zero-order valence-electron chi connectivity index (χ0n) is 10.6. The summed E-state index contributed by atoms with van der Waals surface area (Å²) in [5.74, 6) is -0.187. The summed E-state index contributed by atoms with van der Waals surface area (Å²) in [6.45, 7) is 3.07. The van der Waals surface area contributed by atoms with E-state index in [9.17, 15) is 4.39 Å². The molecule has 2 unspecified atom stereocenters. The average Bonchev–Trinajstić information content (AvgIpc) is 2.34. The van der Waals surface area contributed by atoms with Gasteiger partial charge in [-0.3, -0.25) is 0 Å². The van der Waals surface area contributed by atoms with Gasteiger partial charge in [0.15, 0.2) is 0 Å². The Kier molecular flexibility index (Phi) is 6.11. The molecule has 0 aromatic heterocycles. The molecule has 0 saturated heterocycles. The maximum Gasteiger partial charge on any atom is 0.127 e. The van der Waals surface area contributed by atoms with Crippen molar-refractivity contribution in [1.82, 2.24) is 5.32 Å². The van der Waals surface area contributed by atoms with E-state index in [2.05, 4.69) is 5.32 Å². The average molecular weight is 241 g/mol. The second kappa shape index (κ2) is 7.37. The highest BCUT2D eigenvalue weighted by Crippen LogP contribution is 2.15. The molecule has 0 heterocycles. The van der Waals surface area contributed by atoms with E-state index in [0.717, 1.165) is 0 Å². The fraction of sp³-hybridized carbons (Fsp3) is 0.538. The van der Waals surface area contributed by atoms with Gasteiger partial charge in [0.2, 0.25) is 0 Å². The lowest BCUT2D eigenvalue weighted by Gasteiger charge is -2.19. The molecule has 0 fully saturated rings. The predicted octanol–water partition coefficient (Wildman–Crippen LogP) is 2.14. The van der Waals surface area contributed by atoms with Gasteiger partial charge in [0.05, 0.1) is 12.7 Å². The van der Waals surface area contributed by atoms with Gasteiger partial charge in [0.25, 0.3) is 0 Å². The van der Waals surface area contributed by atoms with Gasteiger partial charge in [-0.2, -0.15) is 0 Å². The van der Waals surface area contributed by atoms with Crippen LogP contribution in [0.4, 0.5) is 4.39 Å². The number of rotatable bonds is 7. The minimum absolute atomic E-state index is 0.0192. The molecular formula is C13H20FNO2. The highest BCUT2D eigenvalue weighted by molar-refractivity contribution is 5.20. The molecule has 0 amide bonds. The van der Waals surface area contributed by atoms with Crippen LogP contribution in [0.2, 0.25) is 0 Å². The molecule has 4 heteroatoms. The largest absolute Gasteiger partial charge is 0.382 e. The fourth-order valence-electron chi connectivity index (χ4n) is 1.64. The van der Waals surface area contributed by atoms with Crippen LogP contribution in [0.3, 0.4) is 0 Å². The smallest absolute Gasteiger partial charge is 0.127 e. The predicted molar refractivity (Wildman–Crippen MR) is 65.5 cm³/mol. The van der Waals surface area contributed by atoms with E-state index < -0.39 is 0 Å². The number of methoxy groups -OCH3 is 2. The van der Waals surface area contributed by atoms with Crippen LogP contribution in [-0.2, 0) is 9.47 Å². The van der Waals surface area contributed by atoms with Gasteiger partial charge in [0.1, 0.15) is 5.82 Å². The molecule has 0 bridgehead atoms. The van der Waals surface area contributed by atoms with E-state index in [-0.39, 0.29) is 18.0 Å². The zero-order valence-corrected chi connectivity index (χ0v) is 10.6. The summed E-state index contributed by atoms with van der Waals surface area (Å²) >= 11 is 0. The van der Waals surface area contributed by atoms with E-state index in [1.54, 1.807) is 26.4 Å². The maximum absolute atomic E-state index is 13.5. The first-order valence-electron chi connectivity index (χ1n) is 5.68. The van der Waals surface area contributed by atoms with Gasteiger partial charge in [-0.1, -0.05) is 18.2 Å². The molecular weight excluding hydrogens is 221 g/mol. The van der Waals surface area contributed by atoms with Crippen molar-refractivity contribution in [2.24, 2.45) is 0 Å². The van der Waals surface area contributed by atoms with Crippen molar-refractivity contribution in [3.05, 3.63) is 35.6 Å². The fourth-order valence-corrected chi connectivity index (χ4v) is 1.64. The number of benzene rings is 1. The monoisotopic (exact) mass is 241 g/mol. The summed E-state index contributed by atoms with van der Waals surface area (Å²) in [5, 5.41) is 3.23. The second-order valence-electron chi connectivity index (χ2n) is 3.96.